The Kier molecular flexibility index (Phi) is 6.53. The van der Waals surface area contributed by atoms with E-state index in [1.807, 2.05) is 0 Å². The Bertz CT molecular complexity index is 526. The Labute approximate surface area is 153 Å². The number of halogens is 11. The quantitative estimate of drug-likeness (QED) is 0.450. The zero-order valence-electron chi connectivity index (χ0n) is 14.4. The van der Waals surface area contributed by atoms with Gasteiger partial charge in [-0.15, -0.1) is 0 Å². The van der Waals surface area contributed by atoms with Gasteiger partial charge in [0.2, 0.25) is 6.17 Å². The predicted molar refractivity (Wildman–Crippen MR) is 74.9 cm³/mol. The highest BCUT2D eigenvalue weighted by Crippen LogP contribution is 2.50. The highest BCUT2D eigenvalue weighted by atomic mass is 19.4. The minimum Gasteiger partial charge on any atom is -0.371 e. The largest absolute Gasteiger partial charge is 0.428 e. The summed E-state index contributed by atoms with van der Waals surface area (Å²) in [5, 5.41) is 0. The molecule has 1 nitrogen and oxygen atoms in total. The van der Waals surface area contributed by atoms with Gasteiger partial charge in [-0.1, -0.05) is 0 Å². The van der Waals surface area contributed by atoms with Gasteiger partial charge in [-0.2, -0.15) is 39.5 Å². The van der Waals surface area contributed by atoms with Gasteiger partial charge in [0.1, 0.15) is 6.10 Å². The highest BCUT2D eigenvalue weighted by molar-refractivity contribution is 5.05. The van der Waals surface area contributed by atoms with Crippen molar-refractivity contribution in [2.45, 2.75) is 87.5 Å². The van der Waals surface area contributed by atoms with Gasteiger partial charge in [-0.25, -0.2) is 8.78 Å². The van der Waals surface area contributed by atoms with E-state index < -0.39 is 54.9 Å². The number of hydrogen-bond acceptors (Lipinski definition) is 1. The number of rotatable bonds is 5. The van der Waals surface area contributed by atoms with Crippen LogP contribution in [0.3, 0.4) is 0 Å². The molecule has 0 aromatic heterocycles. The minimum atomic E-state index is -6.15. The molecule has 1 saturated heterocycles. The summed E-state index contributed by atoms with van der Waals surface area (Å²) in [6.07, 6.45) is -25.9. The first-order chi connectivity index (χ1) is 12.6. The summed E-state index contributed by atoms with van der Waals surface area (Å²) in [6.45, 7) is 0. The molecule has 0 bridgehead atoms. The molecule has 1 aliphatic heterocycles. The fourth-order valence-electron chi connectivity index (χ4n) is 4.01. The van der Waals surface area contributed by atoms with Crippen LogP contribution in [0.5, 0.6) is 0 Å². The highest BCUT2D eigenvalue weighted by Gasteiger charge is 2.73. The fourth-order valence-corrected chi connectivity index (χ4v) is 4.01. The van der Waals surface area contributed by atoms with Crippen LogP contribution < -0.4 is 0 Å². The third kappa shape index (κ3) is 4.84. The van der Waals surface area contributed by atoms with Gasteiger partial charge in [0.05, 0.1) is 12.0 Å². The van der Waals surface area contributed by atoms with Gasteiger partial charge >= 0.3 is 18.5 Å². The summed E-state index contributed by atoms with van der Waals surface area (Å²) in [5.41, 5.74) is -5.24. The van der Waals surface area contributed by atoms with E-state index in [4.69, 9.17) is 4.74 Å². The maximum Gasteiger partial charge on any atom is 0.428 e. The van der Waals surface area contributed by atoms with Gasteiger partial charge in [0.15, 0.2) is 0 Å². The summed E-state index contributed by atoms with van der Waals surface area (Å²) in [7, 11) is 0. The molecule has 1 aliphatic carbocycles. The second-order valence-corrected chi connectivity index (χ2v) is 7.49. The monoisotopic (exact) mass is 436 g/mol. The van der Waals surface area contributed by atoms with Gasteiger partial charge < -0.3 is 4.74 Å². The van der Waals surface area contributed by atoms with E-state index in [0.717, 1.165) is 0 Å². The van der Waals surface area contributed by atoms with Crippen molar-refractivity contribution in [2.24, 2.45) is 11.8 Å². The van der Waals surface area contributed by atoms with Crippen LogP contribution >= 0.6 is 0 Å². The molecule has 0 aromatic rings. The standard InChI is InChI=1S/C16H19F11O/c17-12(15(22,23)24)13(18,16(25,26)27)11-6-5-10(28-11)4-2-8-1-3-9(7-8)14(19,20)21/h8-12H,1-7H2. The third-order valence-corrected chi connectivity index (χ3v) is 5.57. The second-order valence-electron chi connectivity index (χ2n) is 7.49. The average Bonchev–Trinajstić information content (AvgIpc) is 3.18. The fraction of sp³-hybridized carbons (Fsp3) is 1.00. The Hall–Kier alpha value is -0.810. The van der Waals surface area contributed by atoms with Crippen LogP contribution in [-0.2, 0) is 4.74 Å². The minimum absolute atomic E-state index is 0.0251. The van der Waals surface area contributed by atoms with Gasteiger partial charge in [0.25, 0.3) is 5.67 Å². The zero-order chi connectivity index (χ0) is 21.5. The van der Waals surface area contributed by atoms with Crippen LogP contribution in [0.1, 0.15) is 44.9 Å². The first-order valence-corrected chi connectivity index (χ1v) is 8.75. The molecule has 1 heterocycles. The molecule has 12 heteroatoms. The summed E-state index contributed by atoms with van der Waals surface area (Å²) < 4.78 is 147. The second kappa shape index (κ2) is 7.79. The Morgan fingerprint density at radius 2 is 1.39 bits per heavy atom. The van der Waals surface area contributed by atoms with Crippen molar-refractivity contribution >= 4 is 0 Å². The summed E-state index contributed by atoms with van der Waals surface area (Å²) >= 11 is 0. The number of hydrogen-bond donors (Lipinski definition) is 0. The predicted octanol–water partition coefficient (Wildman–Crippen LogP) is 6.46. The molecular formula is C16H19F11O. The lowest BCUT2D eigenvalue weighted by Crippen LogP contribution is -2.61. The van der Waals surface area contributed by atoms with Crippen molar-refractivity contribution in [3.8, 4) is 0 Å². The van der Waals surface area contributed by atoms with Gasteiger partial charge in [0, 0.05) is 0 Å². The first-order valence-electron chi connectivity index (χ1n) is 8.75. The van der Waals surface area contributed by atoms with Crippen molar-refractivity contribution < 1.29 is 53.0 Å². The van der Waals surface area contributed by atoms with Crippen molar-refractivity contribution in [2.75, 3.05) is 0 Å². The van der Waals surface area contributed by atoms with Crippen LogP contribution in [-0.4, -0.2) is 42.6 Å². The zero-order valence-corrected chi connectivity index (χ0v) is 14.4. The molecule has 0 radical (unpaired) electrons. The van der Waals surface area contributed by atoms with Crippen molar-refractivity contribution in [1.29, 1.82) is 0 Å². The van der Waals surface area contributed by atoms with Crippen molar-refractivity contribution in [3.05, 3.63) is 0 Å². The lowest BCUT2D eigenvalue weighted by atomic mass is 9.89. The lowest BCUT2D eigenvalue weighted by Gasteiger charge is -2.36. The molecule has 2 fully saturated rings. The van der Waals surface area contributed by atoms with E-state index >= 15 is 0 Å². The molecular weight excluding hydrogens is 417 g/mol. The maximum absolute atomic E-state index is 14.3. The van der Waals surface area contributed by atoms with Crippen LogP contribution in [0.15, 0.2) is 0 Å². The molecule has 6 atom stereocenters. The summed E-state index contributed by atoms with van der Waals surface area (Å²) in [6, 6.07) is 0. The molecule has 0 spiro atoms. The van der Waals surface area contributed by atoms with Crippen LogP contribution in [0.4, 0.5) is 48.3 Å². The maximum atomic E-state index is 14.3. The van der Waals surface area contributed by atoms with Gasteiger partial charge in [-0.05, 0) is 50.9 Å². The topological polar surface area (TPSA) is 9.23 Å². The smallest absolute Gasteiger partial charge is 0.371 e. The summed E-state index contributed by atoms with van der Waals surface area (Å²) in [5.74, 6) is -1.81. The average molecular weight is 436 g/mol. The van der Waals surface area contributed by atoms with E-state index in [1.165, 1.54) is 0 Å². The van der Waals surface area contributed by atoms with Crippen molar-refractivity contribution in [1.82, 2.24) is 0 Å². The SMILES string of the molecule is FC(C(F)(F)F)C(F)(C1CCC(CCC2CCC(C(F)(F)F)C2)O1)C(F)(F)F. The van der Waals surface area contributed by atoms with E-state index in [2.05, 4.69) is 0 Å². The molecule has 0 N–H and O–H groups in total. The van der Waals surface area contributed by atoms with E-state index in [9.17, 15) is 48.3 Å². The van der Waals surface area contributed by atoms with Crippen molar-refractivity contribution in [3.63, 3.8) is 0 Å². The van der Waals surface area contributed by atoms with Gasteiger partial charge in [-0.3, -0.25) is 0 Å². The van der Waals surface area contributed by atoms with Crippen LogP contribution in [0, 0.1) is 11.8 Å². The summed E-state index contributed by atoms with van der Waals surface area (Å²) in [4.78, 5) is 0. The van der Waals surface area contributed by atoms with E-state index in [0.29, 0.717) is 0 Å². The number of ether oxygens (including phenoxy) is 1. The Balaban J connectivity index is 1.96. The first kappa shape index (κ1) is 23.5. The molecule has 28 heavy (non-hydrogen) atoms. The molecule has 2 rings (SSSR count). The molecule has 1 saturated carbocycles. The van der Waals surface area contributed by atoms with E-state index in [-0.39, 0.29) is 44.4 Å². The third-order valence-electron chi connectivity index (χ3n) is 5.57. The number of alkyl halides is 11. The van der Waals surface area contributed by atoms with E-state index in [1.54, 1.807) is 0 Å². The van der Waals surface area contributed by atoms with Crippen LogP contribution in [0.2, 0.25) is 0 Å². The normalized spacial score (nSPS) is 33.1. The molecule has 166 valence electrons. The van der Waals surface area contributed by atoms with Crippen LogP contribution in [0.25, 0.3) is 0 Å². The Morgan fingerprint density at radius 1 is 0.786 bits per heavy atom. The molecule has 0 aromatic carbocycles. The Morgan fingerprint density at radius 3 is 1.86 bits per heavy atom. The molecule has 0 amide bonds. The molecule has 6 unspecified atom stereocenters. The molecule has 2 aliphatic rings. The lowest BCUT2D eigenvalue weighted by molar-refractivity contribution is -0.326.